The molecule has 0 atom stereocenters. The van der Waals surface area contributed by atoms with Gasteiger partial charge < -0.3 is 4.90 Å². The van der Waals surface area contributed by atoms with E-state index >= 15 is 0 Å². The van der Waals surface area contributed by atoms with Crippen molar-refractivity contribution < 1.29 is 4.79 Å². The minimum Gasteiger partial charge on any atom is -0.338 e. The monoisotopic (exact) mass is 273 g/mol. The zero-order valence-electron chi connectivity index (χ0n) is 11.4. The lowest BCUT2D eigenvalue weighted by atomic mass is 10.1. The molecule has 3 heteroatoms. The van der Waals surface area contributed by atoms with Crippen LogP contribution < -0.4 is 0 Å². The molecular weight excluding hydrogens is 254 g/mol. The van der Waals surface area contributed by atoms with Crippen molar-refractivity contribution >= 4 is 17.2 Å². The molecule has 2 aromatic rings. The Kier molecular flexibility index (Phi) is 4.74. The lowest BCUT2D eigenvalue weighted by Crippen LogP contribution is -2.31. The molecule has 0 radical (unpaired) electrons. The normalized spacial score (nSPS) is 10.4. The summed E-state index contributed by atoms with van der Waals surface area (Å²) < 4.78 is 0. The van der Waals surface area contributed by atoms with Gasteiger partial charge in [0, 0.05) is 11.4 Å². The van der Waals surface area contributed by atoms with Gasteiger partial charge in [-0.25, -0.2) is 0 Å². The molecule has 0 spiro atoms. The van der Waals surface area contributed by atoms with Crippen molar-refractivity contribution in [2.75, 3.05) is 6.54 Å². The van der Waals surface area contributed by atoms with Gasteiger partial charge in [0.15, 0.2) is 0 Å². The number of likely N-dealkylation sites (N-methyl/N-ethyl adjacent to an activating group) is 1. The van der Waals surface area contributed by atoms with E-state index in [0.29, 0.717) is 6.42 Å². The van der Waals surface area contributed by atoms with E-state index in [0.717, 1.165) is 18.7 Å². The van der Waals surface area contributed by atoms with E-state index in [1.165, 1.54) is 10.4 Å². The molecule has 0 aliphatic carbocycles. The zero-order chi connectivity index (χ0) is 13.7. The molecule has 0 N–H and O–H groups in total. The van der Waals surface area contributed by atoms with Gasteiger partial charge in [-0.2, -0.15) is 0 Å². The van der Waals surface area contributed by atoms with Crippen LogP contribution in [0.1, 0.15) is 22.9 Å². The molecule has 1 heterocycles. The Morgan fingerprint density at radius 2 is 1.95 bits per heavy atom. The van der Waals surface area contributed by atoms with Gasteiger partial charge in [-0.1, -0.05) is 35.9 Å². The number of nitrogens with zero attached hydrogens (tertiary/aromatic N) is 1. The van der Waals surface area contributed by atoms with Crippen LogP contribution in [0.4, 0.5) is 0 Å². The number of thiophene rings is 1. The van der Waals surface area contributed by atoms with Crippen LogP contribution in [-0.2, 0) is 17.8 Å². The lowest BCUT2D eigenvalue weighted by molar-refractivity contribution is -0.130. The van der Waals surface area contributed by atoms with Gasteiger partial charge in [-0.15, -0.1) is 11.3 Å². The number of carbonyl (C=O) groups is 1. The molecule has 0 aliphatic rings. The summed E-state index contributed by atoms with van der Waals surface area (Å²) >= 11 is 1.70. The maximum atomic E-state index is 12.3. The average molecular weight is 273 g/mol. The number of hydrogen-bond donors (Lipinski definition) is 0. The third-order valence-corrected chi connectivity index (χ3v) is 4.00. The van der Waals surface area contributed by atoms with Crippen LogP contribution in [0.5, 0.6) is 0 Å². The summed E-state index contributed by atoms with van der Waals surface area (Å²) in [6, 6.07) is 12.3. The van der Waals surface area contributed by atoms with Gasteiger partial charge in [0.05, 0.1) is 13.0 Å². The summed E-state index contributed by atoms with van der Waals surface area (Å²) in [5.41, 5.74) is 2.31. The first-order valence-electron chi connectivity index (χ1n) is 6.54. The Bertz CT molecular complexity index is 516. The SMILES string of the molecule is CCN(Cc1cccs1)C(=O)Cc1ccc(C)cc1. The van der Waals surface area contributed by atoms with E-state index in [1.807, 2.05) is 35.4 Å². The van der Waals surface area contributed by atoms with E-state index in [9.17, 15) is 4.79 Å². The molecule has 0 fully saturated rings. The highest BCUT2D eigenvalue weighted by atomic mass is 32.1. The van der Waals surface area contributed by atoms with E-state index in [4.69, 9.17) is 0 Å². The standard InChI is InChI=1S/C16H19NOS/c1-3-17(12-15-5-4-10-19-15)16(18)11-14-8-6-13(2)7-9-14/h4-10H,3,11-12H2,1-2H3. The maximum Gasteiger partial charge on any atom is 0.227 e. The van der Waals surface area contributed by atoms with E-state index in [1.54, 1.807) is 11.3 Å². The summed E-state index contributed by atoms with van der Waals surface area (Å²) in [6.45, 7) is 5.56. The number of hydrogen-bond acceptors (Lipinski definition) is 2. The van der Waals surface area contributed by atoms with Crippen molar-refractivity contribution in [2.24, 2.45) is 0 Å². The van der Waals surface area contributed by atoms with Crippen molar-refractivity contribution in [3.05, 3.63) is 57.8 Å². The van der Waals surface area contributed by atoms with Gasteiger partial charge in [-0.3, -0.25) is 4.79 Å². The summed E-state index contributed by atoms with van der Waals surface area (Å²) in [4.78, 5) is 15.4. The van der Waals surface area contributed by atoms with Crippen LogP contribution in [0.3, 0.4) is 0 Å². The summed E-state index contributed by atoms with van der Waals surface area (Å²) in [5.74, 6) is 0.194. The molecule has 2 rings (SSSR count). The minimum absolute atomic E-state index is 0.194. The van der Waals surface area contributed by atoms with Crippen molar-refractivity contribution in [2.45, 2.75) is 26.8 Å². The van der Waals surface area contributed by atoms with Gasteiger partial charge >= 0.3 is 0 Å². The number of aryl methyl sites for hydroxylation is 1. The Morgan fingerprint density at radius 3 is 2.53 bits per heavy atom. The first kappa shape index (κ1) is 13.8. The highest BCUT2D eigenvalue weighted by molar-refractivity contribution is 7.09. The molecular formula is C16H19NOS. The molecule has 19 heavy (non-hydrogen) atoms. The molecule has 1 aromatic heterocycles. The molecule has 0 saturated carbocycles. The highest BCUT2D eigenvalue weighted by Gasteiger charge is 2.13. The second kappa shape index (κ2) is 6.53. The third kappa shape index (κ3) is 3.93. The van der Waals surface area contributed by atoms with Crippen molar-refractivity contribution in [3.63, 3.8) is 0 Å². The third-order valence-electron chi connectivity index (χ3n) is 3.14. The van der Waals surface area contributed by atoms with Gasteiger partial charge in [0.2, 0.25) is 5.91 Å². The Balaban J connectivity index is 1.98. The van der Waals surface area contributed by atoms with E-state index in [2.05, 4.69) is 25.1 Å². The molecule has 0 saturated heterocycles. The molecule has 1 aromatic carbocycles. The van der Waals surface area contributed by atoms with Crippen LogP contribution >= 0.6 is 11.3 Å². The fourth-order valence-corrected chi connectivity index (χ4v) is 2.68. The fourth-order valence-electron chi connectivity index (χ4n) is 1.96. The lowest BCUT2D eigenvalue weighted by Gasteiger charge is -2.20. The van der Waals surface area contributed by atoms with Crippen LogP contribution in [0, 0.1) is 6.92 Å². The van der Waals surface area contributed by atoms with Crippen LogP contribution in [0.25, 0.3) is 0 Å². The summed E-state index contributed by atoms with van der Waals surface area (Å²) in [6.07, 6.45) is 0.486. The first-order chi connectivity index (χ1) is 9.19. The van der Waals surface area contributed by atoms with Gasteiger partial charge in [-0.05, 0) is 30.9 Å². The van der Waals surface area contributed by atoms with Gasteiger partial charge in [0.1, 0.15) is 0 Å². The Labute approximate surface area is 118 Å². The minimum atomic E-state index is 0.194. The van der Waals surface area contributed by atoms with Crippen molar-refractivity contribution in [3.8, 4) is 0 Å². The average Bonchev–Trinajstić information content (AvgIpc) is 2.91. The predicted octanol–water partition coefficient (Wildman–Crippen LogP) is 3.65. The maximum absolute atomic E-state index is 12.3. The van der Waals surface area contributed by atoms with Crippen molar-refractivity contribution in [1.82, 2.24) is 4.90 Å². The van der Waals surface area contributed by atoms with Crippen molar-refractivity contribution in [1.29, 1.82) is 0 Å². The number of rotatable bonds is 5. The van der Waals surface area contributed by atoms with Gasteiger partial charge in [0.25, 0.3) is 0 Å². The second-order valence-corrected chi connectivity index (χ2v) is 5.68. The molecule has 0 aliphatic heterocycles. The Morgan fingerprint density at radius 1 is 1.21 bits per heavy atom. The number of benzene rings is 1. The largest absolute Gasteiger partial charge is 0.338 e. The number of amides is 1. The molecule has 0 unspecified atom stereocenters. The quantitative estimate of drug-likeness (QED) is 0.814. The van der Waals surface area contributed by atoms with E-state index < -0.39 is 0 Å². The van der Waals surface area contributed by atoms with E-state index in [-0.39, 0.29) is 5.91 Å². The second-order valence-electron chi connectivity index (χ2n) is 4.65. The highest BCUT2D eigenvalue weighted by Crippen LogP contribution is 2.13. The number of carbonyl (C=O) groups excluding carboxylic acids is 1. The molecule has 1 amide bonds. The smallest absolute Gasteiger partial charge is 0.227 e. The molecule has 2 nitrogen and oxygen atoms in total. The summed E-state index contributed by atoms with van der Waals surface area (Å²) in [7, 11) is 0. The Hall–Kier alpha value is -1.61. The fraction of sp³-hybridized carbons (Fsp3) is 0.312. The predicted molar refractivity (Wildman–Crippen MR) is 80.3 cm³/mol. The van der Waals surface area contributed by atoms with Crippen LogP contribution in [0.15, 0.2) is 41.8 Å². The van der Waals surface area contributed by atoms with Crippen LogP contribution in [0.2, 0.25) is 0 Å². The zero-order valence-corrected chi connectivity index (χ0v) is 12.2. The molecule has 100 valence electrons. The molecule has 0 bridgehead atoms. The first-order valence-corrected chi connectivity index (χ1v) is 7.42. The van der Waals surface area contributed by atoms with Crippen LogP contribution in [-0.4, -0.2) is 17.4 Å². The topological polar surface area (TPSA) is 20.3 Å². The summed E-state index contributed by atoms with van der Waals surface area (Å²) in [5, 5.41) is 2.05.